The third kappa shape index (κ3) is 3.35. The Morgan fingerprint density at radius 1 is 1.41 bits per heavy atom. The maximum Gasteiger partial charge on any atom is 0.309 e. The molecule has 1 heterocycles. The molecular formula is C17H27N3O2. The number of carbonyl (C=O) groups is 1. The van der Waals surface area contributed by atoms with Crippen molar-refractivity contribution in [3.05, 3.63) is 17.5 Å². The van der Waals surface area contributed by atoms with Gasteiger partial charge in [-0.25, -0.2) is 0 Å². The number of H-pyrrole nitrogens is 1. The van der Waals surface area contributed by atoms with Crippen LogP contribution in [0.25, 0.3) is 0 Å². The minimum absolute atomic E-state index is 0.00541. The number of hydrogen-bond acceptors (Lipinski definition) is 4. The topological polar surface area (TPSA) is 67.0 Å². The highest BCUT2D eigenvalue weighted by molar-refractivity contribution is 5.72. The van der Waals surface area contributed by atoms with Crippen molar-refractivity contribution in [2.75, 3.05) is 6.61 Å². The molecule has 0 aromatic carbocycles. The van der Waals surface area contributed by atoms with Gasteiger partial charge in [0.25, 0.3) is 0 Å². The first kappa shape index (κ1) is 15.5. The van der Waals surface area contributed by atoms with Gasteiger partial charge in [0.2, 0.25) is 0 Å². The van der Waals surface area contributed by atoms with Gasteiger partial charge < -0.3 is 10.1 Å². The molecular weight excluding hydrogens is 278 g/mol. The van der Waals surface area contributed by atoms with Gasteiger partial charge in [-0.2, -0.15) is 5.10 Å². The molecule has 0 bridgehead atoms. The highest BCUT2D eigenvalue weighted by atomic mass is 16.5. The fraction of sp³-hybridized carbons (Fsp3) is 0.765. The number of fused-ring (bicyclic) bond motifs is 1. The largest absolute Gasteiger partial charge is 0.466 e. The maximum atomic E-state index is 12.0. The van der Waals surface area contributed by atoms with Crippen LogP contribution in [0.1, 0.15) is 50.8 Å². The number of aryl methyl sites for hydroxylation is 1. The molecule has 3 rings (SSSR count). The molecule has 122 valence electrons. The number of rotatable bonds is 4. The molecule has 2 aliphatic rings. The molecule has 2 N–H and O–H groups in total. The summed E-state index contributed by atoms with van der Waals surface area (Å²) in [5.41, 5.74) is 2.66. The molecule has 4 atom stereocenters. The standard InChI is InChI=1S/C17H27N3O2/c1-3-22-17(21)15-6-4-13(8-11(15)2)19-14-5-7-16-12(9-14)10-18-20-16/h10-11,13-15,19H,3-9H2,1-2H3,(H,18,20)/t11-,13-,14-,15+/m0/s1. The molecule has 1 aromatic rings. The molecule has 5 nitrogen and oxygen atoms in total. The molecule has 0 saturated heterocycles. The molecule has 0 aliphatic heterocycles. The van der Waals surface area contributed by atoms with Crippen LogP contribution < -0.4 is 5.32 Å². The Balaban J connectivity index is 1.50. The molecule has 1 aromatic heterocycles. The Morgan fingerprint density at radius 3 is 3.05 bits per heavy atom. The third-order valence-corrected chi connectivity index (χ3v) is 5.25. The summed E-state index contributed by atoms with van der Waals surface area (Å²) in [5.74, 6) is 0.484. The van der Waals surface area contributed by atoms with Gasteiger partial charge in [0.1, 0.15) is 0 Å². The first-order valence-electron chi connectivity index (χ1n) is 8.61. The first-order chi connectivity index (χ1) is 10.7. The summed E-state index contributed by atoms with van der Waals surface area (Å²) >= 11 is 0. The Morgan fingerprint density at radius 2 is 2.27 bits per heavy atom. The van der Waals surface area contributed by atoms with Crippen LogP contribution in [0, 0.1) is 11.8 Å². The van der Waals surface area contributed by atoms with Gasteiger partial charge in [-0.15, -0.1) is 0 Å². The number of aromatic amines is 1. The Kier molecular flexibility index (Phi) is 4.81. The lowest BCUT2D eigenvalue weighted by atomic mass is 9.77. The first-order valence-corrected chi connectivity index (χ1v) is 8.61. The smallest absolute Gasteiger partial charge is 0.309 e. The molecule has 0 amide bonds. The molecule has 1 fully saturated rings. The van der Waals surface area contributed by atoms with E-state index in [0.29, 0.717) is 24.6 Å². The molecule has 0 radical (unpaired) electrons. The van der Waals surface area contributed by atoms with Crippen molar-refractivity contribution in [2.24, 2.45) is 11.8 Å². The van der Waals surface area contributed by atoms with E-state index in [2.05, 4.69) is 22.4 Å². The molecule has 22 heavy (non-hydrogen) atoms. The number of nitrogens with zero attached hydrogens (tertiary/aromatic N) is 1. The lowest BCUT2D eigenvalue weighted by molar-refractivity contribution is -0.151. The average molecular weight is 305 g/mol. The third-order valence-electron chi connectivity index (χ3n) is 5.25. The molecule has 5 heteroatoms. The summed E-state index contributed by atoms with van der Waals surface area (Å²) in [6, 6.07) is 1.07. The van der Waals surface area contributed by atoms with Crippen molar-refractivity contribution in [2.45, 2.75) is 64.5 Å². The van der Waals surface area contributed by atoms with E-state index < -0.39 is 0 Å². The average Bonchev–Trinajstić information content (AvgIpc) is 2.95. The van der Waals surface area contributed by atoms with Crippen LogP contribution in [0.15, 0.2) is 6.20 Å². The zero-order valence-electron chi connectivity index (χ0n) is 13.6. The number of nitrogens with one attached hydrogen (secondary N) is 2. The van der Waals surface area contributed by atoms with Gasteiger partial charge in [-0.1, -0.05) is 6.92 Å². The Hall–Kier alpha value is -1.36. The van der Waals surface area contributed by atoms with Gasteiger partial charge >= 0.3 is 5.97 Å². The minimum Gasteiger partial charge on any atom is -0.466 e. The van der Waals surface area contributed by atoms with Gasteiger partial charge in [0.05, 0.1) is 18.7 Å². The van der Waals surface area contributed by atoms with Gasteiger partial charge in [-0.05, 0) is 56.9 Å². The fourth-order valence-corrected chi connectivity index (χ4v) is 4.04. The summed E-state index contributed by atoms with van der Waals surface area (Å²) in [4.78, 5) is 12.0. The summed E-state index contributed by atoms with van der Waals surface area (Å²) < 4.78 is 5.20. The van der Waals surface area contributed by atoms with E-state index in [1.165, 1.54) is 17.7 Å². The van der Waals surface area contributed by atoms with Crippen LogP contribution in [0.2, 0.25) is 0 Å². The van der Waals surface area contributed by atoms with E-state index in [-0.39, 0.29) is 11.9 Å². The number of hydrogen-bond donors (Lipinski definition) is 2. The number of esters is 1. The van der Waals surface area contributed by atoms with E-state index in [0.717, 1.165) is 32.1 Å². The van der Waals surface area contributed by atoms with E-state index in [9.17, 15) is 4.79 Å². The summed E-state index contributed by atoms with van der Waals surface area (Å²) in [5, 5.41) is 11.0. The highest BCUT2D eigenvalue weighted by Crippen LogP contribution is 2.32. The fourth-order valence-electron chi connectivity index (χ4n) is 4.04. The Labute approximate surface area is 132 Å². The zero-order chi connectivity index (χ0) is 15.5. The van der Waals surface area contributed by atoms with Crippen molar-refractivity contribution in [1.29, 1.82) is 0 Å². The maximum absolute atomic E-state index is 12.0. The number of carbonyl (C=O) groups excluding carboxylic acids is 1. The number of ether oxygens (including phenoxy) is 1. The quantitative estimate of drug-likeness (QED) is 0.837. The van der Waals surface area contributed by atoms with Crippen LogP contribution in [0.3, 0.4) is 0 Å². The second-order valence-corrected chi connectivity index (χ2v) is 6.83. The Bertz CT molecular complexity index is 514. The van der Waals surface area contributed by atoms with Crippen molar-refractivity contribution in [3.63, 3.8) is 0 Å². The zero-order valence-corrected chi connectivity index (χ0v) is 13.6. The molecule has 2 aliphatic carbocycles. The van der Waals surface area contributed by atoms with E-state index in [1.54, 1.807) is 0 Å². The molecule has 0 unspecified atom stereocenters. The van der Waals surface area contributed by atoms with Crippen LogP contribution in [-0.2, 0) is 22.4 Å². The van der Waals surface area contributed by atoms with Crippen molar-refractivity contribution in [3.8, 4) is 0 Å². The van der Waals surface area contributed by atoms with E-state index in [4.69, 9.17) is 4.74 Å². The van der Waals surface area contributed by atoms with Gasteiger partial charge in [0, 0.05) is 17.8 Å². The predicted octanol–water partition coefficient (Wildman–Crippen LogP) is 2.22. The van der Waals surface area contributed by atoms with Crippen LogP contribution in [-0.4, -0.2) is 34.9 Å². The van der Waals surface area contributed by atoms with E-state index in [1.807, 2.05) is 13.1 Å². The van der Waals surface area contributed by atoms with Crippen LogP contribution >= 0.6 is 0 Å². The summed E-state index contributed by atoms with van der Waals surface area (Å²) in [7, 11) is 0. The second kappa shape index (κ2) is 6.82. The predicted molar refractivity (Wildman–Crippen MR) is 84.5 cm³/mol. The normalized spacial score (nSPS) is 31.5. The van der Waals surface area contributed by atoms with Crippen molar-refractivity contribution in [1.82, 2.24) is 15.5 Å². The monoisotopic (exact) mass is 305 g/mol. The van der Waals surface area contributed by atoms with Crippen molar-refractivity contribution < 1.29 is 9.53 Å². The summed E-state index contributed by atoms with van der Waals surface area (Å²) in [6.45, 7) is 4.55. The lowest BCUT2D eigenvalue weighted by Crippen LogP contribution is -2.45. The van der Waals surface area contributed by atoms with Crippen LogP contribution in [0.4, 0.5) is 0 Å². The number of aromatic nitrogens is 2. The van der Waals surface area contributed by atoms with Gasteiger partial charge in [0.15, 0.2) is 0 Å². The van der Waals surface area contributed by atoms with Gasteiger partial charge in [-0.3, -0.25) is 9.89 Å². The molecule has 0 spiro atoms. The minimum atomic E-state index is -0.00541. The van der Waals surface area contributed by atoms with Crippen LogP contribution in [0.5, 0.6) is 0 Å². The SMILES string of the molecule is CCOC(=O)[C@@H]1CC[C@H](N[C@H]2CCc3[nH]ncc3C2)C[C@@H]1C. The molecule has 1 saturated carbocycles. The highest BCUT2D eigenvalue weighted by Gasteiger charge is 2.34. The van der Waals surface area contributed by atoms with Crippen molar-refractivity contribution >= 4 is 5.97 Å². The van der Waals surface area contributed by atoms with E-state index >= 15 is 0 Å². The second-order valence-electron chi connectivity index (χ2n) is 6.83. The summed E-state index contributed by atoms with van der Waals surface area (Å²) in [6.07, 6.45) is 8.37. The lowest BCUT2D eigenvalue weighted by Gasteiger charge is -2.36.